The molecule has 1 saturated heterocycles. The number of fused-ring (bicyclic) bond motifs is 1. The molecular formula is C27H26ClN5O2. The van der Waals surface area contributed by atoms with Crippen molar-refractivity contribution in [2.45, 2.75) is 32.2 Å². The molecule has 5 rings (SSSR count). The Hall–Kier alpha value is -3.71. The first-order chi connectivity index (χ1) is 17.0. The lowest BCUT2D eigenvalue weighted by atomic mass is 9.98. The fourth-order valence-corrected chi connectivity index (χ4v) is 5.05. The number of benzene rings is 2. The number of nitrogens with one attached hydrogen (secondary N) is 1. The number of imidazole rings is 1. The molecule has 1 aliphatic rings. The molecule has 2 aromatic carbocycles. The Kier molecular flexibility index (Phi) is 6.51. The Labute approximate surface area is 208 Å². The van der Waals surface area contributed by atoms with Crippen LogP contribution in [0.2, 0.25) is 5.02 Å². The van der Waals surface area contributed by atoms with Gasteiger partial charge in [0, 0.05) is 61.4 Å². The first kappa shape index (κ1) is 23.1. The molecule has 2 amide bonds. The summed E-state index contributed by atoms with van der Waals surface area (Å²) < 4.78 is 1.99. The lowest BCUT2D eigenvalue weighted by Gasteiger charge is -2.18. The molecule has 0 aliphatic carbocycles. The van der Waals surface area contributed by atoms with E-state index in [1.54, 1.807) is 18.6 Å². The summed E-state index contributed by atoms with van der Waals surface area (Å²) in [5.74, 6) is -0.0681. The number of aromatic nitrogens is 3. The van der Waals surface area contributed by atoms with Gasteiger partial charge in [-0.2, -0.15) is 0 Å². The van der Waals surface area contributed by atoms with Crippen LogP contribution >= 0.6 is 11.6 Å². The maximum Gasteiger partial charge on any atom is 0.254 e. The highest BCUT2D eigenvalue weighted by molar-refractivity contribution is 6.31. The molecule has 7 nitrogen and oxygen atoms in total. The van der Waals surface area contributed by atoms with E-state index >= 15 is 0 Å². The number of hydrogen-bond donors (Lipinski definition) is 1. The summed E-state index contributed by atoms with van der Waals surface area (Å²) in [5, 5.41) is 3.63. The number of hydrogen-bond acceptors (Lipinski definition) is 4. The van der Waals surface area contributed by atoms with Crippen molar-refractivity contribution >= 4 is 40.1 Å². The number of pyridine rings is 1. The number of nitrogens with zero attached hydrogens (tertiary/aromatic N) is 4. The molecule has 1 aliphatic heterocycles. The third-order valence-corrected chi connectivity index (χ3v) is 6.77. The summed E-state index contributed by atoms with van der Waals surface area (Å²) in [5.41, 5.74) is 4.61. The van der Waals surface area contributed by atoms with Gasteiger partial charge in [-0.15, -0.1) is 0 Å². The molecule has 4 aromatic rings. The molecule has 0 saturated carbocycles. The third kappa shape index (κ3) is 4.91. The maximum atomic E-state index is 13.4. The zero-order valence-corrected chi connectivity index (χ0v) is 20.2. The van der Waals surface area contributed by atoms with Crippen LogP contribution in [-0.2, 0) is 17.8 Å². The van der Waals surface area contributed by atoms with E-state index in [-0.39, 0.29) is 17.7 Å². The summed E-state index contributed by atoms with van der Waals surface area (Å²) in [6.45, 7) is 3.37. The molecule has 3 heterocycles. The van der Waals surface area contributed by atoms with Crippen LogP contribution in [0.25, 0.3) is 11.0 Å². The van der Waals surface area contributed by atoms with Crippen LogP contribution in [0.3, 0.4) is 0 Å². The second kappa shape index (κ2) is 9.88. The van der Waals surface area contributed by atoms with E-state index in [4.69, 9.17) is 11.6 Å². The first-order valence-corrected chi connectivity index (χ1v) is 12.1. The first-order valence-electron chi connectivity index (χ1n) is 11.7. The Morgan fingerprint density at radius 3 is 2.71 bits per heavy atom. The van der Waals surface area contributed by atoms with Crippen LogP contribution in [0, 0.1) is 0 Å². The van der Waals surface area contributed by atoms with Crippen LogP contribution in [0.5, 0.6) is 0 Å². The number of amides is 2. The summed E-state index contributed by atoms with van der Waals surface area (Å²) >= 11 is 6.39. The monoisotopic (exact) mass is 487 g/mol. The van der Waals surface area contributed by atoms with E-state index < -0.39 is 0 Å². The molecule has 35 heavy (non-hydrogen) atoms. The van der Waals surface area contributed by atoms with Gasteiger partial charge in [-0.25, -0.2) is 4.98 Å². The van der Waals surface area contributed by atoms with Crippen molar-refractivity contribution in [3.8, 4) is 0 Å². The molecule has 178 valence electrons. The summed E-state index contributed by atoms with van der Waals surface area (Å²) in [6.07, 6.45) is 5.11. The second-order valence-electron chi connectivity index (χ2n) is 8.84. The van der Waals surface area contributed by atoms with Gasteiger partial charge in [-0.3, -0.25) is 14.6 Å². The molecule has 0 bridgehead atoms. The van der Waals surface area contributed by atoms with Crippen LogP contribution < -0.4 is 5.32 Å². The third-order valence-electron chi connectivity index (χ3n) is 6.43. The normalized spacial score (nSPS) is 15.5. The highest BCUT2D eigenvalue weighted by Crippen LogP contribution is 2.33. The van der Waals surface area contributed by atoms with Gasteiger partial charge in [-0.1, -0.05) is 35.9 Å². The van der Waals surface area contributed by atoms with E-state index in [0.29, 0.717) is 36.4 Å². The molecule has 8 heteroatoms. The van der Waals surface area contributed by atoms with E-state index in [9.17, 15) is 9.59 Å². The van der Waals surface area contributed by atoms with Gasteiger partial charge in [0.05, 0.1) is 23.0 Å². The van der Waals surface area contributed by atoms with Gasteiger partial charge >= 0.3 is 0 Å². The molecule has 1 fully saturated rings. The Morgan fingerprint density at radius 2 is 1.94 bits per heavy atom. The predicted octanol–water partition coefficient (Wildman–Crippen LogP) is 4.92. The standard InChI is InChI=1S/C27H26ClN5O2/c1-18(34)31-25-15-20(27(35)32-12-9-19(16-32)22-7-2-3-8-23(22)28)14-24-26(25)33(17-30-24)13-10-21-6-4-5-11-29-21/h2-8,11,14-15,17,19H,9-10,12-13,16H2,1H3,(H,31,34). The number of likely N-dealkylation sites (tertiary alicyclic amines) is 1. The van der Waals surface area contributed by atoms with Gasteiger partial charge in [0.15, 0.2) is 0 Å². The predicted molar refractivity (Wildman–Crippen MR) is 137 cm³/mol. The zero-order chi connectivity index (χ0) is 24.4. The van der Waals surface area contributed by atoms with Gasteiger partial charge in [0.2, 0.25) is 5.91 Å². The van der Waals surface area contributed by atoms with E-state index in [1.807, 2.05) is 58.0 Å². The van der Waals surface area contributed by atoms with Crippen LogP contribution in [-0.4, -0.2) is 44.3 Å². The van der Waals surface area contributed by atoms with Crippen molar-refractivity contribution in [2.24, 2.45) is 0 Å². The molecule has 1 N–H and O–H groups in total. The zero-order valence-electron chi connectivity index (χ0n) is 19.4. The van der Waals surface area contributed by atoms with Gasteiger partial charge in [-0.05, 0) is 42.3 Å². The van der Waals surface area contributed by atoms with Crippen LogP contribution in [0.4, 0.5) is 5.69 Å². The van der Waals surface area contributed by atoms with E-state index in [2.05, 4.69) is 15.3 Å². The quantitative estimate of drug-likeness (QED) is 0.419. The minimum atomic E-state index is -0.201. The van der Waals surface area contributed by atoms with Gasteiger partial charge in [0.25, 0.3) is 5.91 Å². The lowest BCUT2D eigenvalue weighted by Crippen LogP contribution is -2.28. The minimum absolute atomic E-state index is 0.0731. The molecular weight excluding hydrogens is 462 g/mol. The van der Waals surface area contributed by atoms with Crippen molar-refractivity contribution in [2.75, 3.05) is 18.4 Å². The van der Waals surface area contributed by atoms with Crippen molar-refractivity contribution in [3.05, 3.63) is 89.0 Å². The van der Waals surface area contributed by atoms with Crippen LogP contribution in [0.15, 0.2) is 67.1 Å². The van der Waals surface area contributed by atoms with Gasteiger partial charge < -0.3 is 14.8 Å². The topological polar surface area (TPSA) is 80.1 Å². The fourth-order valence-electron chi connectivity index (χ4n) is 4.76. The van der Waals surface area contributed by atoms with Crippen molar-refractivity contribution in [3.63, 3.8) is 0 Å². The van der Waals surface area contributed by atoms with Crippen molar-refractivity contribution < 1.29 is 9.59 Å². The smallest absolute Gasteiger partial charge is 0.254 e. The average molecular weight is 488 g/mol. The van der Waals surface area contributed by atoms with Gasteiger partial charge in [0.1, 0.15) is 0 Å². The molecule has 1 atom stereocenters. The molecule has 2 aromatic heterocycles. The summed E-state index contributed by atoms with van der Waals surface area (Å²) in [7, 11) is 0. The maximum absolute atomic E-state index is 13.4. The van der Waals surface area contributed by atoms with Crippen LogP contribution in [0.1, 0.15) is 40.9 Å². The Bertz CT molecular complexity index is 1390. The highest BCUT2D eigenvalue weighted by Gasteiger charge is 2.29. The summed E-state index contributed by atoms with van der Waals surface area (Å²) in [6, 6.07) is 17.2. The number of anilines is 1. The Morgan fingerprint density at radius 1 is 1.11 bits per heavy atom. The average Bonchev–Trinajstić information content (AvgIpc) is 3.50. The van der Waals surface area contributed by atoms with E-state index in [0.717, 1.165) is 34.6 Å². The number of carbonyl (C=O) groups excluding carboxylic acids is 2. The SMILES string of the molecule is CC(=O)Nc1cc(C(=O)N2CCC(c3ccccc3Cl)C2)cc2ncn(CCc3ccccn3)c12. The fraction of sp³-hybridized carbons (Fsp3) is 0.259. The van der Waals surface area contributed by atoms with Crippen molar-refractivity contribution in [1.82, 2.24) is 19.4 Å². The van der Waals surface area contributed by atoms with E-state index in [1.165, 1.54) is 6.92 Å². The minimum Gasteiger partial charge on any atom is -0.338 e. The molecule has 0 spiro atoms. The molecule has 1 unspecified atom stereocenters. The lowest BCUT2D eigenvalue weighted by molar-refractivity contribution is -0.114. The molecule has 0 radical (unpaired) electrons. The Balaban J connectivity index is 1.41. The number of carbonyl (C=O) groups is 2. The second-order valence-corrected chi connectivity index (χ2v) is 9.25. The number of rotatable bonds is 6. The number of halogens is 1. The summed E-state index contributed by atoms with van der Waals surface area (Å²) in [4.78, 5) is 36.2. The number of aryl methyl sites for hydroxylation is 2. The largest absolute Gasteiger partial charge is 0.338 e. The van der Waals surface area contributed by atoms with Crippen molar-refractivity contribution in [1.29, 1.82) is 0 Å². The highest BCUT2D eigenvalue weighted by atomic mass is 35.5.